The number of rotatable bonds is 4. The summed E-state index contributed by atoms with van der Waals surface area (Å²) >= 11 is 0. The van der Waals surface area contributed by atoms with E-state index in [0.717, 1.165) is 6.07 Å². The van der Waals surface area contributed by atoms with E-state index in [0.29, 0.717) is 24.1 Å². The molecule has 0 fully saturated rings. The molecule has 1 aromatic carbocycles. The summed E-state index contributed by atoms with van der Waals surface area (Å²) in [5.41, 5.74) is 6.28. The molecular formula is C10H13F2NO. The average molecular weight is 201 g/mol. The van der Waals surface area contributed by atoms with Crippen molar-refractivity contribution in [2.24, 2.45) is 5.73 Å². The highest BCUT2D eigenvalue weighted by Gasteiger charge is 2.10. The molecule has 0 saturated carbocycles. The van der Waals surface area contributed by atoms with E-state index >= 15 is 0 Å². The molecule has 0 saturated heterocycles. The molecule has 0 unspecified atom stereocenters. The van der Waals surface area contributed by atoms with Gasteiger partial charge in [0.15, 0.2) is 11.6 Å². The van der Waals surface area contributed by atoms with E-state index in [2.05, 4.69) is 0 Å². The maximum Gasteiger partial charge on any atom is 0.165 e. The van der Waals surface area contributed by atoms with Crippen molar-refractivity contribution in [2.45, 2.75) is 13.1 Å². The Bertz CT molecular complexity index is 315. The molecule has 0 aromatic heterocycles. The van der Waals surface area contributed by atoms with Gasteiger partial charge in [0, 0.05) is 0 Å². The number of ether oxygens (including phenoxy) is 1. The minimum Gasteiger partial charge on any atom is -0.493 e. The van der Waals surface area contributed by atoms with Crippen molar-refractivity contribution in [3.63, 3.8) is 0 Å². The van der Waals surface area contributed by atoms with Crippen molar-refractivity contribution in [3.8, 4) is 5.75 Å². The fourth-order valence-corrected chi connectivity index (χ4v) is 1.36. The van der Waals surface area contributed by atoms with Crippen LogP contribution in [0.25, 0.3) is 0 Å². The number of halogens is 2. The molecular weight excluding hydrogens is 188 g/mol. The van der Waals surface area contributed by atoms with E-state index in [1.54, 1.807) is 6.07 Å². The van der Waals surface area contributed by atoms with Gasteiger partial charge in [-0.05, 0) is 36.2 Å². The molecule has 1 aromatic rings. The molecule has 4 heteroatoms. The molecule has 0 radical (unpaired) electrons. The summed E-state index contributed by atoms with van der Waals surface area (Å²) in [6, 6.07) is 2.72. The van der Waals surface area contributed by atoms with Gasteiger partial charge in [0.25, 0.3) is 0 Å². The zero-order valence-electron chi connectivity index (χ0n) is 8.02. The standard InChI is InChI=1S/C10H13F2NO/c1-14-10-8(2-3-13)4-7(6-11)5-9(10)12/h4-5H,2-3,6,13H2,1H3. The van der Waals surface area contributed by atoms with Gasteiger partial charge in [0.1, 0.15) is 6.67 Å². The fraction of sp³-hybridized carbons (Fsp3) is 0.400. The second kappa shape index (κ2) is 4.91. The summed E-state index contributed by atoms with van der Waals surface area (Å²) in [6.07, 6.45) is 0.480. The lowest BCUT2D eigenvalue weighted by Gasteiger charge is -2.09. The Morgan fingerprint density at radius 3 is 2.64 bits per heavy atom. The van der Waals surface area contributed by atoms with Crippen LogP contribution < -0.4 is 10.5 Å². The van der Waals surface area contributed by atoms with Gasteiger partial charge in [-0.1, -0.05) is 0 Å². The van der Waals surface area contributed by atoms with Gasteiger partial charge in [0.2, 0.25) is 0 Å². The van der Waals surface area contributed by atoms with Gasteiger partial charge in [-0.25, -0.2) is 8.78 Å². The number of benzene rings is 1. The lowest BCUT2D eigenvalue weighted by atomic mass is 10.1. The van der Waals surface area contributed by atoms with Crippen LogP contribution in [0.4, 0.5) is 8.78 Å². The Morgan fingerprint density at radius 2 is 2.14 bits per heavy atom. The van der Waals surface area contributed by atoms with Gasteiger partial charge in [0.05, 0.1) is 7.11 Å². The topological polar surface area (TPSA) is 35.2 Å². The lowest BCUT2D eigenvalue weighted by molar-refractivity contribution is 0.380. The first-order valence-electron chi connectivity index (χ1n) is 4.34. The van der Waals surface area contributed by atoms with Crippen molar-refractivity contribution in [1.29, 1.82) is 0 Å². The molecule has 2 nitrogen and oxygen atoms in total. The van der Waals surface area contributed by atoms with E-state index in [4.69, 9.17) is 10.5 Å². The van der Waals surface area contributed by atoms with E-state index in [-0.39, 0.29) is 5.75 Å². The van der Waals surface area contributed by atoms with Crippen molar-refractivity contribution in [3.05, 3.63) is 29.1 Å². The summed E-state index contributed by atoms with van der Waals surface area (Å²) in [4.78, 5) is 0. The summed E-state index contributed by atoms with van der Waals surface area (Å²) in [7, 11) is 1.38. The predicted molar refractivity (Wildman–Crippen MR) is 50.5 cm³/mol. The molecule has 0 aliphatic heterocycles. The Labute approximate surface area is 81.7 Å². The maximum absolute atomic E-state index is 13.3. The summed E-state index contributed by atoms with van der Waals surface area (Å²) < 4.78 is 30.5. The zero-order chi connectivity index (χ0) is 10.6. The van der Waals surface area contributed by atoms with E-state index in [1.807, 2.05) is 0 Å². The SMILES string of the molecule is COc1c(F)cc(CF)cc1CCN. The summed E-state index contributed by atoms with van der Waals surface area (Å²) in [5.74, 6) is -0.376. The molecule has 0 aliphatic carbocycles. The maximum atomic E-state index is 13.3. The van der Waals surface area contributed by atoms with Crippen LogP contribution in [0.3, 0.4) is 0 Å². The van der Waals surface area contributed by atoms with Gasteiger partial charge in [-0.3, -0.25) is 0 Å². The van der Waals surface area contributed by atoms with Crippen LogP contribution in [0.15, 0.2) is 12.1 Å². The van der Waals surface area contributed by atoms with Crippen molar-refractivity contribution in [2.75, 3.05) is 13.7 Å². The van der Waals surface area contributed by atoms with E-state index < -0.39 is 12.5 Å². The second-order valence-electron chi connectivity index (χ2n) is 2.94. The molecule has 0 atom stereocenters. The van der Waals surface area contributed by atoms with Gasteiger partial charge in [-0.2, -0.15) is 0 Å². The molecule has 1 rings (SSSR count). The van der Waals surface area contributed by atoms with Gasteiger partial charge in [-0.15, -0.1) is 0 Å². The normalized spacial score (nSPS) is 10.3. The van der Waals surface area contributed by atoms with Crippen LogP contribution in [0.2, 0.25) is 0 Å². The quantitative estimate of drug-likeness (QED) is 0.806. The van der Waals surface area contributed by atoms with Crippen LogP contribution in [-0.4, -0.2) is 13.7 Å². The van der Waals surface area contributed by atoms with Crippen LogP contribution in [0.5, 0.6) is 5.75 Å². The Hall–Kier alpha value is -1.16. The van der Waals surface area contributed by atoms with Crippen LogP contribution >= 0.6 is 0 Å². The van der Waals surface area contributed by atoms with Gasteiger partial charge < -0.3 is 10.5 Å². The summed E-state index contributed by atoms with van der Waals surface area (Å²) in [6.45, 7) is -0.302. The van der Waals surface area contributed by atoms with Crippen LogP contribution in [0.1, 0.15) is 11.1 Å². The first kappa shape index (κ1) is 10.9. The highest BCUT2D eigenvalue weighted by atomic mass is 19.1. The third-order valence-corrected chi connectivity index (χ3v) is 1.95. The monoisotopic (exact) mass is 201 g/mol. The number of hydrogen-bond donors (Lipinski definition) is 1. The first-order chi connectivity index (χ1) is 6.72. The Balaban J connectivity index is 3.13. The van der Waals surface area contributed by atoms with Crippen molar-refractivity contribution in [1.82, 2.24) is 0 Å². The highest BCUT2D eigenvalue weighted by Crippen LogP contribution is 2.25. The average Bonchev–Trinajstić information content (AvgIpc) is 2.18. The Kier molecular flexibility index (Phi) is 3.83. The third kappa shape index (κ3) is 2.20. The van der Waals surface area contributed by atoms with Crippen molar-refractivity contribution >= 4 is 0 Å². The third-order valence-electron chi connectivity index (χ3n) is 1.95. The number of hydrogen-bond acceptors (Lipinski definition) is 2. The van der Waals surface area contributed by atoms with Gasteiger partial charge >= 0.3 is 0 Å². The van der Waals surface area contributed by atoms with Crippen molar-refractivity contribution < 1.29 is 13.5 Å². The fourth-order valence-electron chi connectivity index (χ4n) is 1.36. The summed E-state index contributed by atoms with van der Waals surface area (Å²) in [5, 5.41) is 0. The molecule has 0 aliphatic rings. The molecule has 0 amide bonds. The number of alkyl halides is 1. The number of methoxy groups -OCH3 is 1. The first-order valence-corrected chi connectivity index (χ1v) is 4.34. The minimum atomic E-state index is -0.682. The molecule has 14 heavy (non-hydrogen) atoms. The molecule has 0 heterocycles. The highest BCUT2D eigenvalue weighted by molar-refractivity contribution is 5.38. The van der Waals surface area contributed by atoms with Crippen LogP contribution in [0, 0.1) is 5.82 Å². The molecule has 0 spiro atoms. The molecule has 0 bridgehead atoms. The lowest BCUT2D eigenvalue weighted by Crippen LogP contribution is -2.06. The smallest absolute Gasteiger partial charge is 0.165 e. The number of nitrogens with two attached hydrogens (primary N) is 1. The van der Waals surface area contributed by atoms with Crippen LogP contribution in [-0.2, 0) is 13.1 Å². The second-order valence-corrected chi connectivity index (χ2v) is 2.94. The minimum absolute atomic E-state index is 0.160. The largest absolute Gasteiger partial charge is 0.493 e. The molecule has 78 valence electrons. The van der Waals surface area contributed by atoms with E-state index in [9.17, 15) is 8.78 Å². The molecule has 2 N–H and O–H groups in total. The Morgan fingerprint density at radius 1 is 1.43 bits per heavy atom. The zero-order valence-corrected chi connectivity index (χ0v) is 8.02. The van der Waals surface area contributed by atoms with E-state index in [1.165, 1.54) is 7.11 Å². The predicted octanol–water partition coefficient (Wildman–Crippen LogP) is 1.80.